The molecular formula is C13H21NO2. The van der Waals surface area contributed by atoms with Crippen LogP contribution in [0.2, 0.25) is 0 Å². The Morgan fingerprint density at radius 2 is 2.31 bits per heavy atom. The molecule has 1 fully saturated rings. The standard InChI is InChI=1S/C13H21NO2/c1-9-4-3-5-11(10(9)2)14-12-6-7-16-8-13(12)15/h3-5,10-15H,6-8H2,1-2H3. The molecule has 2 N–H and O–H groups in total. The molecule has 2 rings (SSSR count). The number of ether oxygens (including phenoxy) is 1. The smallest absolute Gasteiger partial charge is 0.0927 e. The Bertz CT molecular complexity index is 298. The van der Waals surface area contributed by atoms with Crippen LogP contribution in [0.1, 0.15) is 20.3 Å². The summed E-state index contributed by atoms with van der Waals surface area (Å²) in [7, 11) is 0. The van der Waals surface area contributed by atoms with E-state index in [-0.39, 0.29) is 12.1 Å². The van der Waals surface area contributed by atoms with Gasteiger partial charge in [-0.05, 0) is 19.3 Å². The van der Waals surface area contributed by atoms with Crippen LogP contribution in [0, 0.1) is 5.92 Å². The van der Waals surface area contributed by atoms with E-state index in [4.69, 9.17) is 4.74 Å². The molecule has 0 saturated carbocycles. The van der Waals surface area contributed by atoms with Gasteiger partial charge in [0.15, 0.2) is 0 Å². The molecule has 0 aromatic carbocycles. The molecule has 3 nitrogen and oxygen atoms in total. The van der Waals surface area contributed by atoms with E-state index in [9.17, 15) is 5.11 Å². The fraction of sp³-hybridized carbons (Fsp3) is 0.692. The Hall–Kier alpha value is -0.640. The molecule has 16 heavy (non-hydrogen) atoms. The molecule has 1 saturated heterocycles. The minimum Gasteiger partial charge on any atom is -0.389 e. The fourth-order valence-corrected chi connectivity index (χ4v) is 2.29. The van der Waals surface area contributed by atoms with Gasteiger partial charge in [-0.25, -0.2) is 0 Å². The lowest BCUT2D eigenvalue weighted by Crippen LogP contribution is -2.51. The van der Waals surface area contributed by atoms with Gasteiger partial charge in [0.2, 0.25) is 0 Å². The predicted octanol–water partition coefficient (Wildman–Crippen LogP) is 1.25. The van der Waals surface area contributed by atoms with Crippen molar-refractivity contribution in [2.45, 2.75) is 38.5 Å². The third kappa shape index (κ3) is 2.54. The second-order valence-electron chi connectivity index (χ2n) is 4.81. The molecule has 0 radical (unpaired) electrons. The molecule has 0 spiro atoms. The SMILES string of the molecule is CC1=CC=CC(NC2CCOCC2O)C1C. The third-order valence-corrected chi connectivity index (χ3v) is 3.67. The summed E-state index contributed by atoms with van der Waals surface area (Å²) in [6, 6.07) is 0.500. The summed E-state index contributed by atoms with van der Waals surface area (Å²) < 4.78 is 5.23. The lowest BCUT2D eigenvalue weighted by atomic mass is 9.88. The number of rotatable bonds is 2. The Labute approximate surface area is 97.2 Å². The normalized spacial score (nSPS) is 39.6. The van der Waals surface area contributed by atoms with E-state index in [1.54, 1.807) is 0 Å². The van der Waals surface area contributed by atoms with Crippen LogP contribution >= 0.6 is 0 Å². The molecule has 1 heterocycles. The van der Waals surface area contributed by atoms with E-state index in [0.29, 0.717) is 18.6 Å². The van der Waals surface area contributed by atoms with Crippen LogP contribution in [0.4, 0.5) is 0 Å². The highest BCUT2D eigenvalue weighted by Gasteiger charge is 2.28. The second-order valence-corrected chi connectivity index (χ2v) is 4.81. The molecule has 3 heteroatoms. The van der Waals surface area contributed by atoms with Gasteiger partial charge in [0.25, 0.3) is 0 Å². The zero-order valence-electron chi connectivity index (χ0n) is 10.0. The van der Waals surface area contributed by atoms with Crippen LogP contribution in [0.25, 0.3) is 0 Å². The number of allylic oxidation sites excluding steroid dienone is 2. The van der Waals surface area contributed by atoms with E-state index in [0.717, 1.165) is 13.0 Å². The molecule has 4 unspecified atom stereocenters. The van der Waals surface area contributed by atoms with Crippen LogP contribution in [0.5, 0.6) is 0 Å². The first-order chi connectivity index (χ1) is 7.68. The largest absolute Gasteiger partial charge is 0.389 e. The van der Waals surface area contributed by atoms with Gasteiger partial charge in [0.1, 0.15) is 0 Å². The average molecular weight is 223 g/mol. The quantitative estimate of drug-likeness (QED) is 0.740. The topological polar surface area (TPSA) is 41.5 Å². The monoisotopic (exact) mass is 223 g/mol. The van der Waals surface area contributed by atoms with Crippen molar-refractivity contribution in [3.63, 3.8) is 0 Å². The number of aliphatic hydroxyl groups is 1. The van der Waals surface area contributed by atoms with Crippen LogP contribution in [0.15, 0.2) is 23.8 Å². The van der Waals surface area contributed by atoms with E-state index in [1.807, 2.05) is 0 Å². The van der Waals surface area contributed by atoms with Crippen molar-refractivity contribution in [3.8, 4) is 0 Å². The van der Waals surface area contributed by atoms with Gasteiger partial charge in [-0.15, -0.1) is 0 Å². The van der Waals surface area contributed by atoms with Gasteiger partial charge in [0, 0.05) is 18.7 Å². The van der Waals surface area contributed by atoms with Crippen molar-refractivity contribution < 1.29 is 9.84 Å². The zero-order chi connectivity index (χ0) is 11.5. The highest BCUT2D eigenvalue weighted by Crippen LogP contribution is 2.21. The number of aliphatic hydroxyl groups excluding tert-OH is 1. The molecule has 90 valence electrons. The van der Waals surface area contributed by atoms with Crippen LogP contribution in [-0.4, -0.2) is 36.5 Å². The van der Waals surface area contributed by atoms with Crippen molar-refractivity contribution >= 4 is 0 Å². The molecule has 4 atom stereocenters. The lowest BCUT2D eigenvalue weighted by Gasteiger charge is -2.34. The summed E-state index contributed by atoms with van der Waals surface area (Å²) in [6.07, 6.45) is 6.95. The Morgan fingerprint density at radius 1 is 1.50 bits per heavy atom. The average Bonchev–Trinajstić information content (AvgIpc) is 2.28. The number of hydrogen-bond donors (Lipinski definition) is 2. The summed E-state index contributed by atoms with van der Waals surface area (Å²) in [6.45, 7) is 5.58. The van der Waals surface area contributed by atoms with Gasteiger partial charge >= 0.3 is 0 Å². The Morgan fingerprint density at radius 3 is 3.06 bits per heavy atom. The summed E-state index contributed by atoms with van der Waals surface area (Å²) in [5, 5.41) is 13.4. The van der Waals surface area contributed by atoms with E-state index < -0.39 is 0 Å². The molecule has 0 aromatic heterocycles. The minimum absolute atomic E-state index is 0.164. The molecular weight excluding hydrogens is 202 g/mol. The van der Waals surface area contributed by atoms with Crippen molar-refractivity contribution in [2.24, 2.45) is 5.92 Å². The number of nitrogens with one attached hydrogen (secondary N) is 1. The molecule has 1 aliphatic carbocycles. The molecule has 0 amide bonds. The zero-order valence-corrected chi connectivity index (χ0v) is 10.0. The maximum atomic E-state index is 9.83. The molecule has 0 bridgehead atoms. The predicted molar refractivity (Wildman–Crippen MR) is 64.2 cm³/mol. The second kappa shape index (κ2) is 5.13. The van der Waals surface area contributed by atoms with Crippen molar-refractivity contribution in [3.05, 3.63) is 23.8 Å². The maximum absolute atomic E-state index is 9.83. The van der Waals surface area contributed by atoms with Crippen LogP contribution in [0.3, 0.4) is 0 Å². The lowest BCUT2D eigenvalue weighted by molar-refractivity contribution is -0.0300. The summed E-state index contributed by atoms with van der Waals surface area (Å²) in [4.78, 5) is 0. The van der Waals surface area contributed by atoms with Crippen LogP contribution < -0.4 is 5.32 Å². The third-order valence-electron chi connectivity index (χ3n) is 3.67. The van der Waals surface area contributed by atoms with Crippen LogP contribution in [-0.2, 0) is 4.74 Å². The van der Waals surface area contributed by atoms with Gasteiger partial charge in [-0.1, -0.05) is 30.7 Å². The molecule has 1 aliphatic heterocycles. The first-order valence-corrected chi connectivity index (χ1v) is 6.05. The molecule has 0 aromatic rings. The van der Waals surface area contributed by atoms with Crippen molar-refractivity contribution in [2.75, 3.05) is 13.2 Å². The molecule has 2 aliphatic rings. The highest BCUT2D eigenvalue weighted by molar-refractivity contribution is 5.23. The first-order valence-electron chi connectivity index (χ1n) is 6.05. The maximum Gasteiger partial charge on any atom is 0.0927 e. The van der Waals surface area contributed by atoms with E-state index in [1.165, 1.54) is 5.57 Å². The first kappa shape index (κ1) is 11.8. The Balaban J connectivity index is 1.94. The van der Waals surface area contributed by atoms with Gasteiger partial charge in [-0.2, -0.15) is 0 Å². The van der Waals surface area contributed by atoms with E-state index in [2.05, 4.69) is 37.4 Å². The van der Waals surface area contributed by atoms with Gasteiger partial charge in [0.05, 0.1) is 12.7 Å². The van der Waals surface area contributed by atoms with Gasteiger partial charge in [-0.3, -0.25) is 0 Å². The Kier molecular flexibility index (Phi) is 3.79. The minimum atomic E-state index is -0.374. The summed E-state index contributed by atoms with van der Waals surface area (Å²) in [5.74, 6) is 0.500. The van der Waals surface area contributed by atoms with Gasteiger partial charge < -0.3 is 15.2 Å². The highest BCUT2D eigenvalue weighted by atomic mass is 16.5. The number of hydrogen-bond acceptors (Lipinski definition) is 3. The van der Waals surface area contributed by atoms with E-state index >= 15 is 0 Å². The summed E-state index contributed by atoms with van der Waals surface area (Å²) in [5.41, 5.74) is 1.39. The summed E-state index contributed by atoms with van der Waals surface area (Å²) >= 11 is 0. The van der Waals surface area contributed by atoms with Crippen molar-refractivity contribution in [1.29, 1.82) is 0 Å². The fourth-order valence-electron chi connectivity index (χ4n) is 2.29. The van der Waals surface area contributed by atoms with Crippen molar-refractivity contribution in [1.82, 2.24) is 5.32 Å².